The van der Waals surface area contributed by atoms with Gasteiger partial charge in [-0.25, -0.2) is 4.98 Å². The van der Waals surface area contributed by atoms with E-state index in [0.717, 1.165) is 77.1 Å². The summed E-state index contributed by atoms with van der Waals surface area (Å²) in [6.45, 7) is 0. The molecular formula is C57H37N5. The minimum absolute atomic E-state index is 0.561. The van der Waals surface area contributed by atoms with E-state index in [9.17, 15) is 0 Å². The van der Waals surface area contributed by atoms with Crippen LogP contribution in [0.15, 0.2) is 224 Å². The molecule has 3 aromatic heterocycles. The Hall–Kier alpha value is -8.41. The zero-order valence-corrected chi connectivity index (χ0v) is 33.6. The van der Waals surface area contributed by atoms with Crippen molar-refractivity contribution in [3.05, 3.63) is 224 Å². The Morgan fingerprint density at radius 2 is 0.839 bits per heavy atom. The summed E-state index contributed by atoms with van der Waals surface area (Å²) in [6.07, 6.45) is 0. The smallest absolute Gasteiger partial charge is 0.238 e. The second-order valence-corrected chi connectivity index (χ2v) is 15.6. The van der Waals surface area contributed by atoms with E-state index in [1.165, 1.54) is 16.7 Å². The molecule has 12 aromatic rings. The minimum Gasteiger partial charge on any atom is -0.309 e. The molecule has 0 amide bonds. The van der Waals surface area contributed by atoms with E-state index in [0.29, 0.717) is 17.6 Å². The Balaban J connectivity index is 1.18. The predicted octanol–water partition coefficient (Wildman–Crippen LogP) is 14.4. The number of para-hydroxylation sites is 2. The lowest BCUT2D eigenvalue weighted by atomic mass is 9.93. The Morgan fingerprint density at radius 3 is 1.55 bits per heavy atom. The van der Waals surface area contributed by atoms with Gasteiger partial charge in [0, 0.05) is 38.2 Å². The molecule has 0 N–H and O–H groups in total. The molecule has 9 aromatic carbocycles. The molecule has 0 unspecified atom stereocenters. The van der Waals surface area contributed by atoms with Crippen LogP contribution in [-0.4, -0.2) is 24.1 Å². The largest absolute Gasteiger partial charge is 0.309 e. The Morgan fingerprint density at radius 1 is 0.306 bits per heavy atom. The van der Waals surface area contributed by atoms with Crippen LogP contribution in [0.3, 0.4) is 0 Å². The first-order chi connectivity index (χ1) is 30.8. The quantitative estimate of drug-likeness (QED) is 0.162. The van der Waals surface area contributed by atoms with Gasteiger partial charge in [0.2, 0.25) is 5.95 Å². The van der Waals surface area contributed by atoms with Gasteiger partial charge in [0.25, 0.3) is 0 Å². The van der Waals surface area contributed by atoms with Crippen LogP contribution >= 0.6 is 0 Å². The molecule has 12 rings (SSSR count). The third-order valence-corrected chi connectivity index (χ3v) is 12.0. The first-order valence-corrected chi connectivity index (χ1v) is 21.0. The van der Waals surface area contributed by atoms with Crippen molar-refractivity contribution < 1.29 is 0 Å². The van der Waals surface area contributed by atoms with Crippen molar-refractivity contribution in [2.24, 2.45) is 0 Å². The molecule has 290 valence electrons. The number of hydrogen-bond donors (Lipinski definition) is 0. The maximum Gasteiger partial charge on any atom is 0.238 e. The SMILES string of the molecule is c1ccc(-c2cccc(-c3nc(-c4ccccc4)nc(-n4c5ccccc5c5ccc6c(c7ccccc7n6-c6cccc(-c7ccccc7)c6-c6ccccc6)c54)n3)c2)cc1. The average Bonchev–Trinajstić information content (AvgIpc) is 3.88. The number of fused-ring (bicyclic) bond motifs is 7. The first-order valence-electron chi connectivity index (χ1n) is 21.0. The summed E-state index contributed by atoms with van der Waals surface area (Å²) in [5, 5.41) is 4.54. The van der Waals surface area contributed by atoms with E-state index < -0.39 is 0 Å². The van der Waals surface area contributed by atoms with Gasteiger partial charge < -0.3 is 4.57 Å². The fourth-order valence-electron chi connectivity index (χ4n) is 9.25. The maximum absolute atomic E-state index is 5.39. The van der Waals surface area contributed by atoms with Crippen molar-refractivity contribution in [2.75, 3.05) is 0 Å². The molecule has 0 aliphatic rings. The van der Waals surface area contributed by atoms with Gasteiger partial charge in [-0.3, -0.25) is 4.57 Å². The van der Waals surface area contributed by atoms with Gasteiger partial charge in [-0.05, 0) is 58.1 Å². The summed E-state index contributed by atoms with van der Waals surface area (Å²) in [5.74, 6) is 1.78. The van der Waals surface area contributed by atoms with E-state index in [1.807, 2.05) is 24.3 Å². The summed E-state index contributed by atoms with van der Waals surface area (Å²) < 4.78 is 4.71. The Kier molecular flexibility index (Phi) is 8.42. The lowest BCUT2D eigenvalue weighted by Gasteiger charge is -2.18. The Labute approximate surface area is 358 Å². The molecule has 0 aliphatic carbocycles. The van der Waals surface area contributed by atoms with Gasteiger partial charge in [0.05, 0.1) is 27.8 Å². The number of nitrogens with zero attached hydrogens (tertiary/aromatic N) is 5. The average molecular weight is 792 g/mol. The predicted molar refractivity (Wildman–Crippen MR) is 256 cm³/mol. The van der Waals surface area contributed by atoms with Crippen molar-refractivity contribution >= 4 is 43.6 Å². The second kappa shape index (κ2) is 14.7. The van der Waals surface area contributed by atoms with Gasteiger partial charge in [-0.2, -0.15) is 9.97 Å². The van der Waals surface area contributed by atoms with Crippen LogP contribution in [0.25, 0.3) is 111 Å². The summed E-state index contributed by atoms with van der Waals surface area (Å²) in [5.41, 5.74) is 14.2. The molecule has 0 radical (unpaired) electrons. The minimum atomic E-state index is 0.561. The number of aromatic nitrogens is 5. The summed E-state index contributed by atoms with van der Waals surface area (Å²) in [4.78, 5) is 15.9. The van der Waals surface area contributed by atoms with Crippen molar-refractivity contribution in [3.8, 4) is 67.8 Å². The zero-order chi connectivity index (χ0) is 41.0. The normalized spacial score (nSPS) is 11.5. The fourth-order valence-corrected chi connectivity index (χ4v) is 9.25. The van der Waals surface area contributed by atoms with Gasteiger partial charge in [-0.1, -0.05) is 194 Å². The Bertz CT molecular complexity index is 3610. The highest BCUT2D eigenvalue weighted by Crippen LogP contribution is 2.45. The topological polar surface area (TPSA) is 48.5 Å². The lowest BCUT2D eigenvalue weighted by molar-refractivity contribution is 0.955. The van der Waals surface area contributed by atoms with Crippen LogP contribution < -0.4 is 0 Å². The van der Waals surface area contributed by atoms with Crippen molar-refractivity contribution in [3.63, 3.8) is 0 Å². The van der Waals surface area contributed by atoms with E-state index >= 15 is 0 Å². The number of benzene rings is 9. The zero-order valence-electron chi connectivity index (χ0n) is 33.6. The summed E-state index contributed by atoms with van der Waals surface area (Å²) in [6, 6.07) is 79.2. The maximum atomic E-state index is 5.39. The van der Waals surface area contributed by atoms with Crippen molar-refractivity contribution in [1.29, 1.82) is 0 Å². The lowest BCUT2D eigenvalue weighted by Crippen LogP contribution is -2.06. The van der Waals surface area contributed by atoms with Gasteiger partial charge in [-0.15, -0.1) is 0 Å². The molecule has 0 bridgehead atoms. The standard InChI is InChI=1S/C57H37N5/c1-5-19-38(20-6-1)42-27-17-28-43(37-42)56-58-55(41-25-11-4-12-26-41)59-57(60-56)62-48-32-15-13-29-45(48)46-35-36-51-53(54(46)62)47-30-14-16-33-49(47)61(51)50-34-18-31-44(39-21-7-2-8-22-39)52(50)40-23-9-3-10-24-40/h1-37H. The van der Waals surface area contributed by atoms with E-state index in [-0.39, 0.29) is 0 Å². The van der Waals surface area contributed by atoms with Crippen LogP contribution in [0.2, 0.25) is 0 Å². The first kappa shape index (κ1) is 35.5. The fraction of sp³-hybridized carbons (Fsp3) is 0. The molecule has 0 fully saturated rings. The van der Waals surface area contributed by atoms with Crippen LogP contribution in [0.5, 0.6) is 0 Å². The van der Waals surface area contributed by atoms with Crippen LogP contribution in [0.4, 0.5) is 0 Å². The molecule has 62 heavy (non-hydrogen) atoms. The molecule has 0 saturated carbocycles. The molecule has 0 atom stereocenters. The highest BCUT2D eigenvalue weighted by Gasteiger charge is 2.25. The van der Waals surface area contributed by atoms with E-state index in [2.05, 4.69) is 209 Å². The summed E-state index contributed by atoms with van der Waals surface area (Å²) >= 11 is 0. The highest BCUT2D eigenvalue weighted by molar-refractivity contribution is 6.26. The number of rotatable bonds is 7. The molecule has 0 aliphatic heterocycles. The molecule has 5 heteroatoms. The van der Waals surface area contributed by atoms with Crippen molar-refractivity contribution in [2.45, 2.75) is 0 Å². The van der Waals surface area contributed by atoms with Gasteiger partial charge in [0.15, 0.2) is 11.6 Å². The van der Waals surface area contributed by atoms with Gasteiger partial charge >= 0.3 is 0 Å². The molecule has 0 saturated heterocycles. The second-order valence-electron chi connectivity index (χ2n) is 15.6. The monoisotopic (exact) mass is 791 g/mol. The van der Waals surface area contributed by atoms with Crippen LogP contribution in [0.1, 0.15) is 0 Å². The molecule has 3 heterocycles. The molecule has 5 nitrogen and oxygen atoms in total. The third-order valence-electron chi connectivity index (χ3n) is 12.0. The molecular weight excluding hydrogens is 755 g/mol. The highest BCUT2D eigenvalue weighted by atomic mass is 15.2. The van der Waals surface area contributed by atoms with Gasteiger partial charge in [0.1, 0.15) is 0 Å². The van der Waals surface area contributed by atoms with Crippen LogP contribution in [-0.2, 0) is 0 Å². The van der Waals surface area contributed by atoms with E-state index in [1.54, 1.807) is 0 Å². The van der Waals surface area contributed by atoms with E-state index in [4.69, 9.17) is 15.0 Å². The third kappa shape index (κ3) is 5.82. The van der Waals surface area contributed by atoms with Crippen molar-refractivity contribution in [1.82, 2.24) is 24.1 Å². The molecule has 0 spiro atoms. The van der Waals surface area contributed by atoms with Crippen LogP contribution in [0, 0.1) is 0 Å². The number of hydrogen-bond acceptors (Lipinski definition) is 3. The summed E-state index contributed by atoms with van der Waals surface area (Å²) in [7, 11) is 0.